The Morgan fingerprint density at radius 2 is 1.21 bits per heavy atom. The molecule has 0 atom stereocenters. The Hall–Kier alpha value is -3.20. The van der Waals surface area contributed by atoms with Crippen molar-refractivity contribution in [1.82, 2.24) is 0 Å². The number of allylic oxidation sites excluding steroid dienone is 1. The lowest BCUT2D eigenvalue weighted by molar-refractivity contribution is -0.385. The van der Waals surface area contributed by atoms with Gasteiger partial charge in [0.05, 0.1) is 10.5 Å². The average Bonchev–Trinajstić information content (AvgIpc) is 2.63. The molecule has 3 nitrogen and oxygen atoms in total. The number of benzene rings is 3. The molecule has 0 saturated heterocycles. The predicted octanol–water partition coefficient (Wildman–Crippen LogP) is 5.57. The molecule has 0 bridgehead atoms. The van der Waals surface area contributed by atoms with Gasteiger partial charge in [-0.25, -0.2) is 0 Å². The van der Waals surface area contributed by atoms with Crippen LogP contribution in [0.5, 0.6) is 0 Å². The van der Waals surface area contributed by atoms with Crippen molar-refractivity contribution in [3.63, 3.8) is 0 Å². The van der Waals surface area contributed by atoms with Crippen LogP contribution in [0.2, 0.25) is 0 Å². The van der Waals surface area contributed by atoms with Crippen LogP contribution in [0.4, 0.5) is 5.69 Å². The van der Waals surface area contributed by atoms with E-state index < -0.39 is 0 Å². The van der Waals surface area contributed by atoms with Crippen molar-refractivity contribution in [3.05, 3.63) is 112 Å². The number of nitrogens with zero attached hydrogens (tertiary/aromatic N) is 1. The quantitative estimate of drug-likeness (QED) is 0.358. The molecule has 0 N–H and O–H groups in total. The van der Waals surface area contributed by atoms with Gasteiger partial charge in [-0.2, -0.15) is 0 Å². The van der Waals surface area contributed by atoms with Gasteiger partial charge >= 0.3 is 0 Å². The van der Waals surface area contributed by atoms with E-state index in [9.17, 15) is 10.1 Å². The third-order valence-electron chi connectivity index (χ3n) is 4.00. The summed E-state index contributed by atoms with van der Waals surface area (Å²) < 4.78 is 0. The van der Waals surface area contributed by atoms with Crippen molar-refractivity contribution in [3.8, 4) is 0 Å². The fourth-order valence-electron chi connectivity index (χ4n) is 2.89. The molecule has 24 heavy (non-hydrogen) atoms. The normalized spacial score (nSPS) is 10.2. The minimum atomic E-state index is -0.327. The topological polar surface area (TPSA) is 43.1 Å². The number of nitro benzene ring substituents is 1. The van der Waals surface area contributed by atoms with Crippen molar-refractivity contribution >= 4 is 16.8 Å². The highest BCUT2D eigenvalue weighted by Crippen LogP contribution is 2.35. The van der Waals surface area contributed by atoms with Crippen LogP contribution in [0, 0.1) is 10.1 Å². The van der Waals surface area contributed by atoms with E-state index in [-0.39, 0.29) is 10.6 Å². The Morgan fingerprint density at radius 3 is 1.71 bits per heavy atom. The second-order valence-corrected chi connectivity index (χ2v) is 5.51. The first kappa shape index (κ1) is 15.7. The molecular weight excluding hydrogens is 298 g/mol. The van der Waals surface area contributed by atoms with Crippen LogP contribution in [0.1, 0.15) is 23.6 Å². The highest BCUT2D eigenvalue weighted by atomic mass is 16.6. The van der Waals surface area contributed by atoms with Crippen molar-refractivity contribution in [2.24, 2.45) is 0 Å². The molecule has 3 rings (SSSR count). The van der Waals surface area contributed by atoms with Gasteiger partial charge in [-0.3, -0.25) is 10.1 Å². The molecule has 0 heterocycles. The second-order valence-electron chi connectivity index (χ2n) is 5.51. The standard InChI is InChI=1S/C21H17NO2/c1-16(19-14-8-9-15-20(19)22(23)24)21(17-10-4-2-5-11-17)18-12-6-3-7-13-18/h2-15H,1H3. The maximum atomic E-state index is 11.4. The van der Waals surface area contributed by atoms with E-state index in [1.54, 1.807) is 18.2 Å². The van der Waals surface area contributed by atoms with Gasteiger partial charge in [-0.05, 0) is 35.3 Å². The van der Waals surface area contributed by atoms with E-state index in [1.165, 1.54) is 0 Å². The molecule has 0 aromatic heterocycles. The van der Waals surface area contributed by atoms with E-state index in [0.717, 1.165) is 22.3 Å². The van der Waals surface area contributed by atoms with E-state index in [4.69, 9.17) is 0 Å². The highest BCUT2D eigenvalue weighted by molar-refractivity contribution is 5.99. The summed E-state index contributed by atoms with van der Waals surface area (Å²) in [5.41, 5.74) is 4.74. The Kier molecular flexibility index (Phi) is 4.52. The largest absolute Gasteiger partial charge is 0.276 e. The van der Waals surface area contributed by atoms with Crippen LogP contribution in [-0.2, 0) is 0 Å². The lowest BCUT2D eigenvalue weighted by Gasteiger charge is -2.14. The molecule has 0 aliphatic heterocycles. The molecule has 0 amide bonds. The van der Waals surface area contributed by atoms with Crippen LogP contribution >= 0.6 is 0 Å². The summed E-state index contributed by atoms with van der Waals surface area (Å²) in [4.78, 5) is 11.1. The maximum absolute atomic E-state index is 11.4. The molecular formula is C21H17NO2. The predicted molar refractivity (Wildman–Crippen MR) is 97.6 cm³/mol. The third kappa shape index (κ3) is 3.10. The number of para-hydroxylation sites is 1. The molecule has 0 aliphatic carbocycles. The summed E-state index contributed by atoms with van der Waals surface area (Å²) in [7, 11) is 0. The molecule has 0 fully saturated rings. The summed E-state index contributed by atoms with van der Waals surface area (Å²) in [6.45, 7) is 1.94. The van der Waals surface area contributed by atoms with E-state index in [2.05, 4.69) is 0 Å². The molecule has 0 saturated carbocycles. The summed E-state index contributed by atoms with van der Waals surface area (Å²) in [5, 5.41) is 11.4. The van der Waals surface area contributed by atoms with Gasteiger partial charge in [-0.15, -0.1) is 0 Å². The maximum Gasteiger partial charge on any atom is 0.276 e. The fourth-order valence-corrected chi connectivity index (χ4v) is 2.89. The van der Waals surface area contributed by atoms with Crippen molar-refractivity contribution in [2.75, 3.05) is 0 Å². The summed E-state index contributed by atoms with van der Waals surface area (Å²) in [6.07, 6.45) is 0. The first-order valence-electron chi connectivity index (χ1n) is 7.74. The first-order valence-corrected chi connectivity index (χ1v) is 7.74. The lowest BCUT2D eigenvalue weighted by atomic mass is 9.90. The van der Waals surface area contributed by atoms with Gasteiger partial charge in [0.15, 0.2) is 0 Å². The Labute approximate surface area is 141 Å². The highest BCUT2D eigenvalue weighted by Gasteiger charge is 2.18. The third-order valence-corrected chi connectivity index (χ3v) is 4.00. The molecule has 3 heteroatoms. The molecule has 0 aliphatic rings. The smallest absolute Gasteiger partial charge is 0.258 e. The van der Waals surface area contributed by atoms with E-state index in [0.29, 0.717) is 5.56 Å². The number of hydrogen-bond acceptors (Lipinski definition) is 2. The zero-order chi connectivity index (χ0) is 16.9. The first-order chi connectivity index (χ1) is 11.7. The Morgan fingerprint density at radius 1 is 0.750 bits per heavy atom. The number of nitro groups is 1. The van der Waals surface area contributed by atoms with Crippen LogP contribution < -0.4 is 0 Å². The summed E-state index contributed by atoms with van der Waals surface area (Å²) in [6, 6.07) is 26.8. The molecule has 118 valence electrons. The monoisotopic (exact) mass is 315 g/mol. The fraction of sp³-hybridized carbons (Fsp3) is 0.0476. The van der Waals surface area contributed by atoms with Crippen LogP contribution in [-0.4, -0.2) is 4.92 Å². The van der Waals surface area contributed by atoms with E-state index >= 15 is 0 Å². The average molecular weight is 315 g/mol. The van der Waals surface area contributed by atoms with Gasteiger partial charge in [0.2, 0.25) is 0 Å². The lowest BCUT2D eigenvalue weighted by Crippen LogP contribution is -1.97. The van der Waals surface area contributed by atoms with Crippen molar-refractivity contribution in [2.45, 2.75) is 6.92 Å². The van der Waals surface area contributed by atoms with Crippen LogP contribution in [0.15, 0.2) is 84.9 Å². The molecule has 3 aromatic rings. The van der Waals surface area contributed by atoms with Crippen LogP contribution in [0.3, 0.4) is 0 Å². The van der Waals surface area contributed by atoms with Crippen molar-refractivity contribution < 1.29 is 4.92 Å². The van der Waals surface area contributed by atoms with Gasteiger partial charge < -0.3 is 0 Å². The van der Waals surface area contributed by atoms with Gasteiger partial charge in [0.1, 0.15) is 0 Å². The van der Waals surface area contributed by atoms with Crippen molar-refractivity contribution in [1.29, 1.82) is 0 Å². The minimum Gasteiger partial charge on any atom is -0.258 e. The van der Waals surface area contributed by atoms with Gasteiger partial charge in [0, 0.05) is 6.07 Å². The Balaban J connectivity index is 2.29. The minimum absolute atomic E-state index is 0.124. The molecule has 3 aromatic carbocycles. The number of hydrogen-bond donors (Lipinski definition) is 0. The molecule has 0 radical (unpaired) electrons. The molecule has 0 unspecified atom stereocenters. The zero-order valence-corrected chi connectivity index (χ0v) is 13.3. The van der Waals surface area contributed by atoms with Gasteiger partial charge in [-0.1, -0.05) is 72.8 Å². The molecule has 0 spiro atoms. The zero-order valence-electron chi connectivity index (χ0n) is 13.3. The number of rotatable bonds is 4. The second kappa shape index (κ2) is 6.92. The summed E-state index contributed by atoms with van der Waals surface area (Å²) >= 11 is 0. The summed E-state index contributed by atoms with van der Waals surface area (Å²) in [5.74, 6) is 0. The Bertz CT molecular complexity index is 842. The van der Waals surface area contributed by atoms with E-state index in [1.807, 2.05) is 73.7 Å². The van der Waals surface area contributed by atoms with Crippen LogP contribution in [0.25, 0.3) is 11.1 Å². The SMILES string of the molecule is CC(=C(c1ccccc1)c1ccccc1)c1ccccc1[N+](=O)[O-]. The van der Waals surface area contributed by atoms with Gasteiger partial charge in [0.25, 0.3) is 5.69 Å².